The SMILES string of the molecule is CSc1ncc(Cl)c(C(=O)Nc2ccc3oc(C(C)(C)C)nc3c2)n1. The lowest BCUT2D eigenvalue weighted by molar-refractivity contribution is 0.102. The molecular weight excluding hydrogens is 360 g/mol. The van der Waals surface area contributed by atoms with Crippen LogP contribution in [0.25, 0.3) is 11.1 Å². The predicted molar refractivity (Wildman–Crippen MR) is 99.5 cm³/mol. The van der Waals surface area contributed by atoms with Crippen LogP contribution < -0.4 is 5.32 Å². The third kappa shape index (κ3) is 3.77. The number of rotatable bonds is 3. The number of anilines is 1. The highest BCUT2D eigenvalue weighted by atomic mass is 35.5. The van der Waals surface area contributed by atoms with Crippen LogP contribution >= 0.6 is 23.4 Å². The number of oxazole rings is 1. The molecule has 0 atom stereocenters. The number of thioether (sulfide) groups is 1. The quantitative estimate of drug-likeness (QED) is 0.533. The first-order valence-electron chi connectivity index (χ1n) is 7.57. The molecule has 0 unspecified atom stereocenters. The minimum atomic E-state index is -0.401. The topological polar surface area (TPSA) is 80.9 Å². The van der Waals surface area contributed by atoms with Crippen LogP contribution in [0.2, 0.25) is 5.02 Å². The summed E-state index contributed by atoms with van der Waals surface area (Å²) < 4.78 is 5.76. The summed E-state index contributed by atoms with van der Waals surface area (Å²) in [6, 6.07) is 5.29. The van der Waals surface area contributed by atoms with Crippen molar-refractivity contribution in [3.05, 3.63) is 41.0 Å². The summed E-state index contributed by atoms with van der Waals surface area (Å²) in [6.45, 7) is 6.09. The highest BCUT2D eigenvalue weighted by Crippen LogP contribution is 2.27. The Bertz CT molecular complexity index is 949. The van der Waals surface area contributed by atoms with Crippen molar-refractivity contribution in [1.29, 1.82) is 0 Å². The van der Waals surface area contributed by atoms with Crippen LogP contribution in [0.15, 0.2) is 34.0 Å². The Hall–Kier alpha value is -2.12. The van der Waals surface area contributed by atoms with Crippen molar-refractivity contribution < 1.29 is 9.21 Å². The highest BCUT2D eigenvalue weighted by Gasteiger charge is 2.21. The monoisotopic (exact) mass is 376 g/mol. The summed E-state index contributed by atoms with van der Waals surface area (Å²) in [6.07, 6.45) is 3.25. The molecule has 25 heavy (non-hydrogen) atoms. The average Bonchev–Trinajstić information content (AvgIpc) is 2.99. The smallest absolute Gasteiger partial charge is 0.275 e. The van der Waals surface area contributed by atoms with Crippen molar-refractivity contribution in [1.82, 2.24) is 15.0 Å². The molecule has 2 aromatic heterocycles. The second kappa shape index (κ2) is 6.65. The summed E-state index contributed by atoms with van der Waals surface area (Å²) >= 11 is 7.38. The number of carbonyl (C=O) groups is 1. The van der Waals surface area contributed by atoms with E-state index in [0.29, 0.717) is 27.8 Å². The van der Waals surface area contributed by atoms with Gasteiger partial charge in [0.05, 0.1) is 11.2 Å². The zero-order valence-electron chi connectivity index (χ0n) is 14.3. The molecule has 6 nitrogen and oxygen atoms in total. The number of halogens is 1. The van der Waals surface area contributed by atoms with E-state index in [1.54, 1.807) is 18.2 Å². The Balaban J connectivity index is 1.89. The summed E-state index contributed by atoms with van der Waals surface area (Å²) in [4.78, 5) is 25.2. The van der Waals surface area contributed by atoms with Crippen LogP contribution in [0.5, 0.6) is 0 Å². The van der Waals surface area contributed by atoms with Crippen LogP contribution in [0, 0.1) is 0 Å². The molecule has 0 radical (unpaired) electrons. The van der Waals surface area contributed by atoms with Crippen molar-refractivity contribution in [3.63, 3.8) is 0 Å². The maximum absolute atomic E-state index is 12.5. The van der Waals surface area contributed by atoms with Crippen molar-refractivity contribution >= 4 is 46.1 Å². The van der Waals surface area contributed by atoms with Crippen LogP contribution in [0.3, 0.4) is 0 Å². The van der Waals surface area contributed by atoms with E-state index in [1.807, 2.05) is 27.0 Å². The van der Waals surface area contributed by atoms with Gasteiger partial charge in [-0.15, -0.1) is 0 Å². The van der Waals surface area contributed by atoms with Crippen molar-refractivity contribution in [3.8, 4) is 0 Å². The van der Waals surface area contributed by atoms with E-state index in [2.05, 4.69) is 20.3 Å². The molecule has 0 aliphatic rings. The van der Waals surface area contributed by atoms with Gasteiger partial charge in [-0.05, 0) is 24.5 Å². The molecule has 8 heteroatoms. The molecule has 0 fully saturated rings. The average molecular weight is 377 g/mol. The van der Waals surface area contributed by atoms with E-state index in [4.69, 9.17) is 16.0 Å². The van der Waals surface area contributed by atoms with Gasteiger partial charge in [-0.2, -0.15) is 0 Å². The second-order valence-corrected chi connectivity index (χ2v) is 7.64. The Kier molecular flexibility index (Phi) is 4.71. The molecule has 1 amide bonds. The fourth-order valence-corrected chi connectivity index (χ4v) is 2.64. The van der Waals surface area contributed by atoms with Crippen LogP contribution in [0.4, 0.5) is 5.69 Å². The molecule has 130 valence electrons. The van der Waals surface area contributed by atoms with Crippen molar-refractivity contribution in [2.75, 3.05) is 11.6 Å². The summed E-state index contributed by atoms with van der Waals surface area (Å²) in [5, 5.41) is 3.47. The van der Waals surface area contributed by atoms with Gasteiger partial charge >= 0.3 is 0 Å². The molecule has 0 saturated carbocycles. The number of hydrogen-bond donors (Lipinski definition) is 1. The molecule has 0 bridgehead atoms. The first-order valence-corrected chi connectivity index (χ1v) is 9.17. The minimum Gasteiger partial charge on any atom is -0.440 e. The van der Waals surface area contributed by atoms with Crippen LogP contribution in [-0.2, 0) is 5.41 Å². The van der Waals surface area contributed by atoms with Gasteiger partial charge in [0.15, 0.2) is 16.4 Å². The van der Waals surface area contributed by atoms with Crippen molar-refractivity contribution in [2.45, 2.75) is 31.3 Å². The molecule has 1 N–H and O–H groups in total. The van der Waals surface area contributed by atoms with Gasteiger partial charge in [0.25, 0.3) is 5.91 Å². The number of nitrogens with one attached hydrogen (secondary N) is 1. The lowest BCUT2D eigenvalue weighted by Crippen LogP contribution is -2.15. The van der Waals surface area contributed by atoms with Gasteiger partial charge in [-0.25, -0.2) is 15.0 Å². The van der Waals surface area contributed by atoms with Gasteiger partial charge in [0.2, 0.25) is 5.89 Å². The second-order valence-electron chi connectivity index (χ2n) is 6.46. The lowest BCUT2D eigenvalue weighted by atomic mass is 9.97. The zero-order valence-corrected chi connectivity index (χ0v) is 15.8. The zero-order chi connectivity index (χ0) is 18.2. The van der Waals surface area contributed by atoms with Gasteiger partial charge in [0.1, 0.15) is 5.52 Å². The highest BCUT2D eigenvalue weighted by molar-refractivity contribution is 7.98. The molecular formula is C17H17ClN4O2S. The number of fused-ring (bicyclic) bond motifs is 1. The number of nitrogens with zero attached hydrogens (tertiary/aromatic N) is 3. The van der Waals surface area contributed by atoms with E-state index < -0.39 is 5.91 Å². The van der Waals surface area contributed by atoms with Gasteiger partial charge in [-0.1, -0.05) is 44.1 Å². The van der Waals surface area contributed by atoms with Gasteiger partial charge in [0, 0.05) is 11.1 Å². The van der Waals surface area contributed by atoms with Gasteiger partial charge in [-0.3, -0.25) is 4.79 Å². The molecule has 1 aromatic carbocycles. The fourth-order valence-electron chi connectivity index (χ4n) is 2.12. The molecule has 0 saturated heterocycles. The number of aromatic nitrogens is 3. The van der Waals surface area contributed by atoms with E-state index in [-0.39, 0.29) is 16.1 Å². The summed E-state index contributed by atoms with van der Waals surface area (Å²) in [5.41, 5.74) is 1.89. The Morgan fingerprint density at radius 3 is 2.72 bits per heavy atom. The Morgan fingerprint density at radius 1 is 1.28 bits per heavy atom. The standard InChI is InChI=1S/C17H17ClN4O2S/c1-17(2,3)15-21-11-7-9(5-6-12(11)24-15)20-14(23)13-10(18)8-19-16(22-13)25-4/h5-8H,1-4H3,(H,20,23). The molecule has 0 aliphatic heterocycles. The van der Waals surface area contributed by atoms with E-state index in [9.17, 15) is 4.79 Å². The van der Waals surface area contributed by atoms with Crippen LogP contribution in [-0.4, -0.2) is 27.1 Å². The lowest BCUT2D eigenvalue weighted by Gasteiger charge is -2.11. The predicted octanol–water partition coefficient (Wildman–Crippen LogP) is 4.54. The maximum atomic E-state index is 12.5. The summed E-state index contributed by atoms with van der Waals surface area (Å²) in [7, 11) is 0. The molecule has 3 rings (SSSR count). The van der Waals surface area contributed by atoms with E-state index in [1.165, 1.54) is 18.0 Å². The number of amides is 1. The van der Waals surface area contributed by atoms with E-state index >= 15 is 0 Å². The Morgan fingerprint density at radius 2 is 2.04 bits per heavy atom. The Labute approximate surface area is 154 Å². The molecule has 0 spiro atoms. The fraction of sp³-hybridized carbons (Fsp3) is 0.294. The van der Waals surface area contributed by atoms with Crippen LogP contribution in [0.1, 0.15) is 37.2 Å². The van der Waals surface area contributed by atoms with Gasteiger partial charge < -0.3 is 9.73 Å². The first kappa shape index (κ1) is 17.7. The molecule has 2 heterocycles. The maximum Gasteiger partial charge on any atom is 0.275 e. The number of benzene rings is 1. The number of carbonyl (C=O) groups excluding carboxylic acids is 1. The molecule has 3 aromatic rings. The summed E-state index contributed by atoms with van der Waals surface area (Å²) in [5.74, 6) is 0.246. The third-order valence-corrected chi connectivity index (χ3v) is 4.25. The largest absolute Gasteiger partial charge is 0.440 e. The first-order chi connectivity index (χ1) is 11.8. The minimum absolute atomic E-state index is 0.136. The van der Waals surface area contributed by atoms with E-state index in [0.717, 1.165) is 0 Å². The number of hydrogen-bond acceptors (Lipinski definition) is 6. The third-order valence-electron chi connectivity index (χ3n) is 3.41. The molecule has 0 aliphatic carbocycles. The normalized spacial score (nSPS) is 11.7. The van der Waals surface area contributed by atoms with Crippen molar-refractivity contribution in [2.24, 2.45) is 0 Å².